The summed E-state index contributed by atoms with van der Waals surface area (Å²) in [4.78, 5) is 29.5. The van der Waals surface area contributed by atoms with Crippen LogP contribution in [0.3, 0.4) is 0 Å². The third-order valence-electron chi connectivity index (χ3n) is 2.73. The Labute approximate surface area is 103 Å². The van der Waals surface area contributed by atoms with E-state index in [0.717, 1.165) is 10.4 Å². The van der Waals surface area contributed by atoms with Crippen LogP contribution < -0.4 is 16.6 Å². The summed E-state index contributed by atoms with van der Waals surface area (Å²) >= 11 is 0. The van der Waals surface area contributed by atoms with Gasteiger partial charge in [-0.15, -0.1) is 0 Å². The summed E-state index contributed by atoms with van der Waals surface area (Å²) < 4.78 is 2.94. The molecule has 0 saturated heterocycles. The molecule has 0 aliphatic rings. The van der Waals surface area contributed by atoms with Gasteiger partial charge in [-0.05, 0) is 0 Å². The summed E-state index contributed by atoms with van der Waals surface area (Å²) in [5.74, 6) is 1.37. The summed E-state index contributed by atoms with van der Waals surface area (Å²) in [6.45, 7) is 0.591. The van der Waals surface area contributed by atoms with Crippen LogP contribution in [0.4, 0.5) is 5.82 Å². The smallest absolute Gasteiger partial charge is 0.329 e. The molecule has 0 spiro atoms. The van der Waals surface area contributed by atoms with Gasteiger partial charge in [-0.3, -0.25) is 14.3 Å². The molecule has 0 unspecified atom stereocenters. The molecule has 0 fully saturated rings. The highest BCUT2D eigenvalue weighted by Crippen LogP contribution is 1.98. The van der Waals surface area contributed by atoms with E-state index < -0.39 is 5.69 Å². The lowest BCUT2D eigenvalue weighted by Gasteiger charge is -2.06. The monoisotopic (exact) mass is 249 g/mol. The second kappa shape index (κ2) is 4.91. The Kier molecular flexibility index (Phi) is 3.31. The molecule has 7 heteroatoms. The van der Waals surface area contributed by atoms with Crippen molar-refractivity contribution >= 4 is 5.82 Å². The SMILES string of the molecule is Cn1ccnc1CCNc1cc(=O)n(C)c(=O)[nH]1. The fraction of sp³-hybridized carbons (Fsp3) is 0.364. The third-order valence-corrected chi connectivity index (χ3v) is 2.73. The molecule has 2 rings (SSSR count). The molecule has 7 nitrogen and oxygen atoms in total. The number of aromatic nitrogens is 4. The second-order valence-corrected chi connectivity index (χ2v) is 4.02. The molecule has 0 aromatic carbocycles. The van der Waals surface area contributed by atoms with E-state index in [1.807, 2.05) is 17.8 Å². The van der Waals surface area contributed by atoms with Crippen molar-refractivity contribution in [3.05, 3.63) is 45.1 Å². The average Bonchev–Trinajstić information content (AvgIpc) is 2.72. The van der Waals surface area contributed by atoms with Gasteiger partial charge in [-0.25, -0.2) is 9.78 Å². The zero-order valence-electron chi connectivity index (χ0n) is 10.3. The van der Waals surface area contributed by atoms with E-state index in [-0.39, 0.29) is 5.56 Å². The zero-order chi connectivity index (χ0) is 13.1. The van der Waals surface area contributed by atoms with Crippen molar-refractivity contribution in [1.29, 1.82) is 0 Å². The summed E-state index contributed by atoms with van der Waals surface area (Å²) in [6, 6.07) is 1.36. The van der Waals surface area contributed by atoms with Gasteiger partial charge in [-0.1, -0.05) is 0 Å². The van der Waals surface area contributed by atoms with E-state index in [1.54, 1.807) is 6.20 Å². The number of aromatic amines is 1. The van der Waals surface area contributed by atoms with Gasteiger partial charge in [0.15, 0.2) is 0 Å². The largest absolute Gasteiger partial charge is 0.371 e. The molecular weight excluding hydrogens is 234 g/mol. The first-order valence-electron chi connectivity index (χ1n) is 5.58. The molecule has 0 aliphatic carbocycles. The van der Waals surface area contributed by atoms with Crippen LogP contribution in [-0.2, 0) is 20.5 Å². The van der Waals surface area contributed by atoms with E-state index in [2.05, 4.69) is 15.3 Å². The molecule has 0 aliphatic heterocycles. The van der Waals surface area contributed by atoms with Gasteiger partial charge in [-0.2, -0.15) is 0 Å². The number of aryl methyl sites for hydroxylation is 1. The molecule has 0 atom stereocenters. The van der Waals surface area contributed by atoms with Crippen molar-refractivity contribution in [1.82, 2.24) is 19.1 Å². The molecule has 0 radical (unpaired) electrons. The fourth-order valence-corrected chi connectivity index (χ4v) is 1.60. The number of nitrogens with one attached hydrogen (secondary N) is 2. The van der Waals surface area contributed by atoms with Crippen molar-refractivity contribution in [2.75, 3.05) is 11.9 Å². The van der Waals surface area contributed by atoms with Crippen LogP contribution in [0.25, 0.3) is 0 Å². The van der Waals surface area contributed by atoms with Crippen molar-refractivity contribution < 1.29 is 0 Å². The average molecular weight is 249 g/mol. The Morgan fingerprint density at radius 3 is 2.78 bits per heavy atom. The van der Waals surface area contributed by atoms with Gasteiger partial charge in [0.25, 0.3) is 5.56 Å². The Hall–Kier alpha value is -2.31. The van der Waals surface area contributed by atoms with Crippen LogP contribution in [0.2, 0.25) is 0 Å². The molecule has 18 heavy (non-hydrogen) atoms. The summed E-state index contributed by atoms with van der Waals surface area (Å²) in [5.41, 5.74) is -0.764. The molecule has 0 amide bonds. The lowest BCUT2D eigenvalue weighted by Crippen LogP contribution is -2.32. The fourth-order valence-electron chi connectivity index (χ4n) is 1.60. The molecule has 2 heterocycles. The molecule has 0 bridgehead atoms. The highest BCUT2D eigenvalue weighted by Gasteiger charge is 2.01. The number of anilines is 1. The normalized spacial score (nSPS) is 10.6. The minimum Gasteiger partial charge on any atom is -0.371 e. The van der Waals surface area contributed by atoms with Crippen LogP contribution in [0, 0.1) is 0 Å². The lowest BCUT2D eigenvalue weighted by molar-refractivity contribution is 0.767. The molecule has 2 aromatic rings. The van der Waals surface area contributed by atoms with Crippen LogP contribution in [0.15, 0.2) is 28.0 Å². The number of nitrogens with zero attached hydrogens (tertiary/aromatic N) is 3. The Morgan fingerprint density at radius 2 is 2.17 bits per heavy atom. The van der Waals surface area contributed by atoms with Crippen molar-refractivity contribution in [3.8, 4) is 0 Å². The van der Waals surface area contributed by atoms with Gasteiger partial charge in [0.05, 0.1) is 0 Å². The van der Waals surface area contributed by atoms with Crippen molar-refractivity contribution in [2.24, 2.45) is 14.1 Å². The maximum Gasteiger partial charge on any atom is 0.329 e. The number of rotatable bonds is 4. The Balaban J connectivity index is 2.01. The highest BCUT2D eigenvalue weighted by molar-refractivity contribution is 5.31. The Bertz CT molecular complexity index is 621. The van der Waals surface area contributed by atoms with Crippen LogP contribution in [0.1, 0.15) is 5.82 Å². The summed E-state index contributed by atoms with van der Waals surface area (Å²) in [6.07, 6.45) is 4.31. The standard InChI is InChI=1S/C11H15N5O2/c1-15-6-5-13-9(15)3-4-12-8-7-10(17)16(2)11(18)14-8/h5-7,12H,3-4H2,1-2H3,(H,14,18). The predicted molar refractivity (Wildman–Crippen MR) is 67.7 cm³/mol. The van der Waals surface area contributed by atoms with E-state index >= 15 is 0 Å². The molecular formula is C11H15N5O2. The Morgan fingerprint density at radius 1 is 1.39 bits per heavy atom. The summed E-state index contributed by atoms with van der Waals surface area (Å²) in [7, 11) is 3.35. The van der Waals surface area contributed by atoms with Gasteiger partial charge in [0.2, 0.25) is 0 Å². The minimum absolute atomic E-state index is 0.335. The molecule has 2 aromatic heterocycles. The number of H-pyrrole nitrogens is 1. The van der Waals surface area contributed by atoms with Gasteiger partial charge >= 0.3 is 5.69 Å². The van der Waals surface area contributed by atoms with E-state index in [0.29, 0.717) is 18.8 Å². The number of imidazole rings is 1. The number of hydrogen-bond donors (Lipinski definition) is 2. The molecule has 96 valence electrons. The van der Waals surface area contributed by atoms with E-state index in [9.17, 15) is 9.59 Å². The first-order chi connectivity index (χ1) is 8.58. The highest BCUT2D eigenvalue weighted by atomic mass is 16.2. The van der Waals surface area contributed by atoms with Gasteiger partial charge < -0.3 is 9.88 Å². The first-order valence-corrected chi connectivity index (χ1v) is 5.58. The lowest BCUT2D eigenvalue weighted by atomic mass is 10.4. The van der Waals surface area contributed by atoms with E-state index in [4.69, 9.17) is 0 Å². The molecule has 2 N–H and O–H groups in total. The summed E-state index contributed by atoms with van der Waals surface area (Å²) in [5, 5.41) is 3.00. The number of hydrogen-bond acceptors (Lipinski definition) is 4. The topological polar surface area (TPSA) is 84.7 Å². The quantitative estimate of drug-likeness (QED) is 0.762. The van der Waals surface area contributed by atoms with Crippen LogP contribution >= 0.6 is 0 Å². The molecule has 0 saturated carbocycles. The van der Waals surface area contributed by atoms with E-state index in [1.165, 1.54) is 13.1 Å². The van der Waals surface area contributed by atoms with Crippen LogP contribution in [-0.4, -0.2) is 25.6 Å². The zero-order valence-corrected chi connectivity index (χ0v) is 10.3. The predicted octanol–water partition coefficient (Wildman–Crippen LogP) is -0.538. The van der Waals surface area contributed by atoms with Gasteiger partial charge in [0, 0.05) is 45.5 Å². The first kappa shape index (κ1) is 12.2. The minimum atomic E-state index is -0.429. The van der Waals surface area contributed by atoms with Crippen molar-refractivity contribution in [2.45, 2.75) is 6.42 Å². The van der Waals surface area contributed by atoms with Gasteiger partial charge in [0.1, 0.15) is 11.6 Å². The third kappa shape index (κ3) is 2.50. The van der Waals surface area contributed by atoms with Crippen molar-refractivity contribution in [3.63, 3.8) is 0 Å². The van der Waals surface area contributed by atoms with Crippen LogP contribution in [0.5, 0.6) is 0 Å². The maximum atomic E-state index is 11.4. The maximum absolute atomic E-state index is 11.4. The second-order valence-electron chi connectivity index (χ2n) is 4.02.